The fourth-order valence-corrected chi connectivity index (χ4v) is 2.60. The van der Waals surface area contributed by atoms with E-state index < -0.39 is 23.3 Å². The summed E-state index contributed by atoms with van der Waals surface area (Å²) in [5, 5.41) is 9.47. The molecule has 1 aromatic rings. The van der Waals surface area contributed by atoms with Gasteiger partial charge in [0.1, 0.15) is 5.69 Å². The second-order valence-corrected chi connectivity index (χ2v) is 5.15. The number of nitrogens with two attached hydrogens (primary N) is 1. The van der Waals surface area contributed by atoms with Crippen molar-refractivity contribution in [2.24, 2.45) is 5.73 Å². The summed E-state index contributed by atoms with van der Waals surface area (Å²) in [4.78, 5) is 14.9. The molecule has 0 radical (unpaired) electrons. The standard InChI is InChI=1S/C13H15F3N2O2/c14-13(15,16)10-2-1-8(7-18-10)12(11(19)20)5-3-9(17)4-6-12/h1-2,7,9H,3-6,17H2,(H,19,20). The molecule has 0 saturated heterocycles. The van der Waals surface area contributed by atoms with Gasteiger partial charge in [-0.05, 0) is 37.3 Å². The van der Waals surface area contributed by atoms with E-state index in [0.29, 0.717) is 31.2 Å². The van der Waals surface area contributed by atoms with Crippen molar-refractivity contribution in [1.29, 1.82) is 0 Å². The summed E-state index contributed by atoms with van der Waals surface area (Å²) in [6.45, 7) is 0. The van der Waals surface area contributed by atoms with Gasteiger partial charge in [-0.25, -0.2) is 0 Å². The largest absolute Gasteiger partial charge is 0.481 e. The second kappa shape index (κ2) is 5.05. The van der Waals surface area contributed by atoms with E-state index in [1.165, 1.54) is 6.07 Å². The summed E-state index contributed by atoms with van der Waals surface area (Å²) in [6.07, 6.45) is -1.80. The average Bonchev–Trinajstić information content (AvgIpc) is 2.39. The number of alkyl halides is 3. The van der Waals surface area contributed by atoms with Crippen molar-refractivity contribution in [2.45, 2.75) is 43.3 Å². The molecule has 7 heteroatoms. The summed E-state index contributed by atoms with van der Waals surface area (Å²) in [7, 11) is 0. The van der Waals surface area contributed by atoms with Gasteiger partial charge in [0.15, 0.2) is 0 Å². The third-order valence-electron chi connectivity index (χ3n) is 3.90. The molecule has 0 atom stereocenters. The highest BCUT2D eigenvalue weighted by Gasteiger charge is 2.43. The molecule has 0 aliphatic heterocycles. The van der Waals surface area contributed by atoms with Crippen LogP contribution in [-0.4, -0.2) is 22.1 Å². The van der Waals surface area contributed by atoms with E-state index in [4.69, 9.17) is 5.73 Å². The fraction of sp³-hybridized carbons (Fsp3) is 0.538. The van der Waals surface area contributed by atoms with Gasteiger partial charge in [0.25, 0.3) is 0 Å². The Morgan fingerprint density at radius 3 is 2.35 bits per heavy atom. The van der Waals surface area contributed by atoms with Crippen molar-refractivity contribution in [2.75, 3.05) is 0 Å². The number of nitrogens with zero attached hydrogens (tertiary/aromatic N) is 1. The highest BCUT2D eigenvalue weighted by Crippen LogP contribution is 2.40. The number of carboxylic acids is 1. The summed E-state index contributed by atoms with van der Waals surface area (Å²) < 4.78 is 37.4. The quantitative estimate of drug-likeness (QED) is 0.875. The van der Waals surface area contributed by atoms with Gasteiger partial charge in [-0.3, -0.25) is 9.78 Å². The lowest BCUT2D eigenvalue weighted by atomic mass is 9.69. The van der Waals surface area contributed by atoms with Crippen LogP contribution in [0.4, 0.5) is 13.2 Å². The van der Waals surface area contributed by atoms with Crippen molar-refractivity contribution in [1.82, 2.24) is 4.98 Å². The van der Waals surface area contributed by atoms with E-state index in [1.54, 1.807) is 0 Å². The second-order valence-electron chi connectivity index (χ2n) is 5.15. The molecule has 110 valence electrons. The van der Waals surface area contributed by atoms with Crippen molar-refractivity contribution >= 4 is 5.97 Å². The minimum Gasteiger partial charge on any atom is -0.481 e. The number of aromatic nitrogens is 1. The van der Waals surface area contributed by atoms with Crippen LogP contribution in [-0.2, 0) is 16.4 Å². The monoisotopic (exact) mass is 288 g/mol. The zero-order valence-corrected chi connectivity index (χ0v) is 10.7. The predicted molar refractivity (Wildman–Crippen MR) is 65.0 cm³/mol. The molecule has 2 rings (SSSR count). The van der Waals surface area contributed by atoms with Gasteiger partial charge in [0.2, 0.25) is 0 Å². The van der Waals surface area contributed by atoms with Gasteiger partial charge < -0.3 is 10.8 Å². The van der Waals surface area contributed by atoms with Crippen molar-refractivity contribution < 1.29 is 23.1 Å². The van der Waals surface area contributed by atoms with E-state index in [-0.39, 0.29) is 6.04 Å². The minimum absolute atomic E-state index is 0.0510. The molecule has 1 fully saturated rings. The van der Waals surface area contributed by atoms with Crippen LogP contribution in [0, 0.1) is 0 Å². The van der Waals surface area contributed by atoms with Crippen LogP contribution in [0.3, 0.4) is 0 Å². The van der Waals surface area contributed by atoms with Crippen molar-refractivity contribution in [3.8, 4) is 0 Å². The number of rotatable bonds is 2. The molecule has 1 heterocycles. The molecule has 4 nitrogen and oxygen atoms in total. The summed E-state index contributed by atoms with van der Waals surface area (Å²) in [5.41, 5.74) is 3.88. The van der Waals surface area contributed by atoms with Crippen LogP contribution in [0.15, 0.2) is 18.3 Å². The van der Waals surface area contributed by atoms with E-state index in [2.05, 4.69) is 4.98 Å². The zero-order valence-electron chi connectivity index (χ0n) is 10.7. The number of carboxylic acid groups (broad SMARTS) is 1. The lowest BCUT2D eigenvalue weighted by Gasteiger charge is -2.35. The van der Waals surface area contributed by atoms with Crippen LogP contribution in [0.5, 0.6) is 0 Å². The molecular formula is C13H15F3N2O2. The molecule has 3 N–H and O–H groups in total. The predicted octanol–water partition coefficient (Wildman–Crippen LogP) is 2.32. The Balaban J connectivity index is 2.34. The molecule has 1 aromatic heterocycles. The van der Waals surface area contributed by atoms with Gasteiger partial charge in [-0.2, -0.15) is 13.2 Å². The Morgan fingerprint density at radius 1 is 1.35 bits per heavy atom. The molecule has 1 saturated carbocycles. The number of hydrogen-bond donors (Lipinski definition) is 2. The van der Waals surface area contributed by atoms with E-state index in [0.717, 1.165) is 12.3 Å². The van der Waals surface area contributed by atoms with Crippen LogP contribution in [0.25, 0.3) is 0 Å². The number of halogens is 3. The SMILES string of the molecule is NC1CCC(C(=O)O)(c2ccc(C(F)(F)F)nc2)CC1. The Bertz CT molecular complexity index is 491. The molecule has 1 aliphatic carbocycles. The van der Waals surface area contributed by atoms with Gasteiger partial charge in [-0.1, -0.05) is 6.07 Å². The van der Waals surface area contributed by atoms with E-state index in [9.17, 15) is 23.1 Å². The molecule has 0 bridgehead atoms. The summed E-state index contributed by atoms with van der Waals surface area (Å²) in [5.74, 6) is -1.04. The van der Waals surface area contributed by atoms with Gasteiger partial charge in [-0.15, -0.1) is 0 Å². The van der Waals surface area contributed by atoms with E-state index >= 15 is 0 Å². The number of hydrogen-bond acceptors (Lipinski definition) is 3. The van der Waals surface area contributed by atoms with Gasteiger partial charge in [0, 0.05) is 12.2 Å². The molecule has 20 heavy (non-hydrogen) atoms. The maximum atomic E-state index is 12.5. The maximum Gasteiger partial charge on any atom is 0.433 e. The fourth-order valence-electron chi connectivity index (χ4n) is 2.60. The van der Waals surface area contributed by atoms with Gasteiger partial charge in [0.05, 0.1) is 5.41 Å². The lowest BCUT2D eigenvalue weighted by molar-refractivity contribution is -0.145. The zero-order chi connectivity index (χ0) is 15.0. The van der Waals surface area contributed by atoms with E-state index in [1.807, 2.05) is 0 Å². The first kappa shape index (κ1) is 14.8. The Hall–Kier alpha value is -1.63. The van der Waals surface area contributed by atoms with Crippen LogP contribution >= 0.6 is 0 Å². The van der Waals surface area contributed by atoms with Crippen LogP contribution < -0.4 is 5.73 Å². The number of pyridine rings is 1. The number of carbonyl (C=O) groups is 1. The third-order valence-corrected chi connectivity index (χ3v) is 3.90. The first-order valence-electron chi connectivity index (χ1n) is 6.28. The summed E-state index contributed by atoms with van der Waals surface area (Å²) >= 11 is 0. The molecule has 0 spiro atoms. The molecule has 1 aliphatic rings. The Morgan fingerprint density at radius 2 is 1.95 bits per heavy atom. The normalized spacial score (nSPS) is 27.3. The topological polar surface area (TPSA) is 76.2 Å². The van der Waals surface area contributed by atoms with Gasteiger partial charge >= 0.3 is 12.1 Å². The van der Waals surface area contributed by atoms with Crippen molar-refractivity contribution in [3.63, 3.8) is 0 Å². The average molecular weight is 288 g/mol. The molecule has 0 unspecified atom stereocenters. The minimum atomic E-state index is -4.52. The first-order chi connectivity index (χ1) is 9.25. The molecular weight excluding hydrogens is 273 g/mol. The van der Waals surface area contributed by atoms with Crippen LogP contribution in [0.1, 0.15) is 36.9 Å². The maximum absolute atomic E-state index is 12.5. The highest BCUT2D eigenvalue weighted by molar-refractivity contribution is 5.81. The smallest absolute Gasteiger partial charge is 0.433 e. The first-order valence-corrected chi connectivity index (χ1v) is 6.28. The molecule has 0 aromatic carbocycles. The highest BCUT2D eigenvalue weighted by atomic mass is 19.4. The number of aliphatic carboxylic acids is 1. The lowest BCUT2D eigenvalue weighted by Crippen LogP contribution is -2.43. The van der Waals surface area contributed by atoms with Crippen molar-refractivity contribution in [3.05, 3.63) is 29.6 Å². The Kier molecular flexibility index (Phi) is 3.73. The van der Waals surface area contributed by atoms with Crippen LogP contribution in [0.2, 0.25) is 0 Å². The Labute approximate surface area is 113 Å². The molecule has 0 amide bonds. The third kappa shape index (κ3) is 2.63. The summed E-state index contributed by atoms with van der Waals surface area (Å²) in [6, 6.07) is 1.99.